The van der Waals surface area contributed by atoms with Gasteiger partial charge in [0, 0.05) is 16.3 Å². The van der Waals surface area contributed by atoms with Gasteiger partial charge in [-0.1, -0.05) is 125 Å². The Morgan fingerprint density at radius 2 is 0.865 bits per heavy atom. The van der Waals surface area contributed by atoms with Crippen LogP contribution in [0.2, 0.25) is 0 Å². The fourth-order valence-corrected chi connectivity index (χ4v) is 9.57. The summed E-state index contributed by atoms with van der Waals surface area (Å²) in [6.07, 6.45) is 0. The van der Waals surface area contributed by atoms with E-state index in [-0.39, 0.29) is 17.5 Å². The van der Waals surface area contributed by atoms with Crippen LogP contribution in [0.3, 0.4) is 0 Å². The highest BCUT2D eigenvalue weighted by molar-refractivity contribution is 6.98. The maximum atomic E-state index is 6.71. The topological polar surface area (TPSA) is 21.7 Å². The molecule has 0 radical (unpaired) electrons. The van der Waals surface area contributed by atoms with Crippen LogP contribution in [0.15, 0.2) is 146 Å². The first-order valence-electron chi connectivity index (χ1n) is 18.3. The predicted octanol–water partition coefficient (Wildman–Crippen LogP) is 10.5. The summed E-state index contributed by atoms with van der Waals surface area (Å²) in [4.78, 5) is 2.52. The molecule has 0 saturated heterocycles. The summed E-state index contributed by atoms with van der Waals surface area (Å²) in [5, 5.41) is 0. The van der Waals surface area contributed by atoms with Gasteiger partial charge in [-0.2, -0.15) is 0 Å². The first kappa shape index (κ1) is 29.7. The average molecular weight is 670 g/mol. The van der Waals surface area contributed by atoms with Gasteiger partial charge >= 0.3 is 0 Å². The Kier molecular flexibility index (Phi) is 5.88. The second-order valence-electron chi connectivity index (χ2n) is 15.7. The number of hydrogen-bond donors (Lipinski definition) is 0. The summed E-state index contributed by atoms with van der Waals surface area (Å²) in [5.41, 5.74) is 16.9. The Hall–Kier alpha value is -6.00. The molecule has 0 bridgehead atoms. The molecule has 0 aliphatic carbocycles. The number of para-hydroxylation sites is 4. The van der Waals surface area contributed by atoms with E-state index in [0.29, 0.717) is 0 Å². The van der Waals surface area contributed by atoms with E-state index >= 15 is 0 Å². The third-order valence-electron chi connectivity index (χ3n) is 12.2. The maximum Gasteiger partial charge on any atom is 0.260 e. The van der Waals surface area contributed by atoms with Crippen molar-refractivity contribution in [2.24, 2.45) is 0 Å². The van der Waals surface area contributed by atoms with Gasteiger partial charge in [0.25, 0.3) is 6.71 Å². The van der Waals surface area contributed by atoms with Crippen LogP contribution in [0.4, 0.5) is 17.1 Å². The molecule has 0 aromatic heterocycles. The van der Waals surface area contributed by atoms with E-state index in [0.717, 1.165) is 39.6 Å². The van der Waals surface area contributed by atoms with Crippen molar-refractivity contribution in [3.63, 3.8) is 0 Å². The zero-order valence-electron chi connectivity index (χ0n) is 29.7. The van der Waals surface area contributed by atoms with Crippen LogP contribution in [0, 0.1) is 0 Å². The Morgan fingerprint density at radius 3 is 1.38 bits per heavy atom. The van der Waals surface area contributed by atoms with Crippen molar-refractivity contribution in [1.82, 2.24) is 0 Å². The molecule has 7 aromatic rings. The van der Waals surface area contributed by atoms with E-state index in [2.05, 4.69) is 178 Å². The molecule has 4 heterocycles. The van der Waals surface area contributed by atoms with Gasteiger partial charge in [0.2, 0.25) is 0 Å². The lowest BCUT2D eigenvalue weighted by atomic mass is 9.35. The lowest BCUT2D eigenvalue weighted by molar-refractivity contribution is 0.465. The van der Waals surface area contributed by atoms with E-state index in [4.69, 9.17) is 9.47 Å². The van der Waals surface area contributed by atoms with Crippen LogP contribution in [0.25, 0.3) is 22.3 Å². The van der Waals surface area contributed by atoms with Crippen LogP contribution in [-0.4, -0.2) is 6.71 Å². The van der Waals surface area contributed by atoms with Gasteiger partial charge in [-0.15, -0.1) is 0 Å². The van der Waals surface area contributed by atoms with Gasteiger partial charge in [0.15, 0.2) is 0 Å². The van der Waals surface area contributed by atoms with E-state index in [1.807, 2.05) is 0 Å². The first-order chi connectivity index (χ1) is 25.3. The van der Waals surface area contributed by atoms with Crippen LogP contribution in [-0.2, 0) is 10.8 Å². The minimum Gasteiger partial charge on any atom is -0.458 e. The van der Waals surface area contributed by atoms with Crippen molar-refractivity contribution >= 4 is 40.2 Å². The summed E-state index contributed by atoms with van der Waals surface area (Å²) < 4.78 is 13.4. The van der Waals surface area contributed by atoms with Crippen molar-refractivity contribution < 1.29 is 9.47 Å². The molecule has 4 aliphatic rings. The quantitative estimate of drug-likeness (QED) is 0.171. The second-order valence-corrected chi connectivity index (χ2v) is 15.7. The number of ether oxygens (including phenoxy) is 2. The van der Waals surface area contributed by atoms with Crippen molar-refractivity contribution in [3.05, 3.63) is 168 Å². The number of nitrogens with zero attached hydrogens (tertiary/aromatic N) is 1. The fourth-order valence-electron chi connectivity index (χ4n) is 9.57. The van der Waals surface area contributed by atoms with Gasteiger partial charge in [0.1, 0.15) is 23.0 Å². The first-order valence-corrected chi connectivity index (χ1v) is 18.3. The van der Waals surface area contributed by atoms with Crippen LogP contribution in [0.5, 0.6) is 23.0 Å². The van der Waals surface area contributed by atoms with Gasteiger partial charge in [-0.25, -0.2) is 0 Å². The summed E-state index contributed by atoms with van der Waals surface area (Å²) in [6.45, 7) is 9.60. The Morgan fingerprint density at radius 1 is 0.442 bits per heavy atom. The fraction of sp³-hybridized carbons (Fsp3) is 0.125. The highest BCUT2D eigenvalue weighted by atomic mass is 16.5. The molecule has 0 fully saturated rings. The van der Waals surface area contributed by atoms with Crippen LogP contribution >= 0.6 is 0 Å². The van der Waals surface area contributed by atoms with E-state index < -0.39 is 0 Å². The van der Waals surface area contributed by atoms with Crippen molar-refractivity contribution in [2.75, 3.05) is 4.90 Å². The van der Waals surface area contributed by atoms with Gasteiger partial charge < -0.3 is 14.4 Å². The molecule has 0 spiro atoms. The molecule has 4 heteroatoms. The molecular formula is C48H36BNO2. The molecule has 11 rings (SSSR count). The highest BCUT2D eigenvalue weighted by Crippen LogP contribution is 2.61. The van der Waals surface area contributed by atoms with E-state index in [1.54, 1.807) is 0 Å². The molecule has 4 aliphatic heterocycles. The van der Waals surface area contributed by atoms with Crippen molar-refractivity contribution in [3.8, 4) is 45.3 Å². The van der Waals surface area contributed by atoms with Gasteiger partial charge in [0.05, 0.1) is 17.1 Å². The largest absolute Gasteiger partial charge is 0.458 e. The zero-order chi connectivity index (χ0) is 34.9. The molecule has 0 atom stereocenters. The standard InChI is InChI=1S/C48H36BNO2/c1-47(2)33-17-7-11-21-39(33)50-40-22-12-8-18-34(40)48(3,4)36-26-29(25-35(47)46(36)50)31-15-5-6-16-32(31)30-27-43-45-44(28-30)52-42-24-14-10-20-38(42)49(45)37-19-9-13-23-41(37)51-43/h5-28H,1-4H3. The normalized spacial score (nSPS) is 15.8. The molecular weight excluding hydrogens is 633 g/mol. The Balaban J connectivity index is 1.14. The smallest absolute Gasteiger partial charge is 0.260 e. The summed E-state index contributed by atoms with van der Waals surface area (Å²) in [7, 11) is 0. The third-order valence-corrected chi connectivity index (χ3v) is 12.2. The SMILES string of the molecule is CC1(C)c2ccccc2N2c3ccccc3C(C)(C)c3cc(-c4ccccc4-c4cc5c6c(c4)Oc4ccccc4B6c4ccccc4O5)cc1c32. The Bertz CT molecular complexity index is 2520. The van der Waals surface area contributed by atoms with Crippen LogP contribution < -0.4 is 30.8 Å². The third kappa shape index (κ3) is 3.87. The minimum atomic E-state index is -0.210. The molecule has 3 nitrogen and oxygen atoms in total. The Labute approximate surface area is 305 Å². The highest BCUT2D eigenvalue weighted by Gasteiger charge is 2.46. The minimum absolute atomic E-state index is 0.0519. The van der Waals surface area contributed by atoms with Crippen LogP contribution in [0.1, 0.15) is 49.9 Å². The zero-order valence-corrected chi connectivity index (χ0v) is 29.7. The predicted molar refractivity (Wildman–Crippen MR) is 214 cm³/mol. The average Bonchev–Trinajstić information content (AvgIpc) is 3.17. The molecule has 0 N–H and O–H groups in total. The molecule has 7 aromatic carbocycles. The number of hydrogen-bond acceptors (Lipinski definition) is 3. The monoisotopic (exact) mass is 669 g/mol. The summed E-state index contributed by atoms with van der Waals surface area (Å²) in [6, 6.07) is 52.9. The molecule has 52 heavy (non-hydrogen) atoms. The lowest BCUT2D eigenvalue weighted by Crippen LogP contribution is -2.57. The maximum absolute atomic E-state index is 6.71. The number of benzene rings is 7. The molecule has 0 amide bonds. The van der Waals surface area contributed by atoms with Crippen molar-refractivity contribution in [2.45, 2.75) is 38.5 Å². The molecule has 0 unspecified atom stereocenters. The number of rotatable bonds is 2. The van der Waals surface area contributed by atoms with E-state index in [1.165, 1.54) is 61.4 Å². The lowest BCUT2D eigenvalue weighted by Gasteiger charge is -2.49. The van der Waals surface area contributed by atoms with Crippen molar-refractivity contribution in [1.29, 1.82) is 0 Å². The molecule has 0 saturated carbocycles. The van der Waals surface area contributed by atoms with E-state index in [9.17, 15) is 0 Å². The van der Waals surface area contributed by atoms with Gasteiger partial charge in [-0.3, -0.25) is 0 Å². The van der Waals surface area contributed by atoms with Gasteiger partial charge in [-0.05, 0) is 104 Å². The number of anilines is 3. The molecule has 248 valence electrons. The summed E-state index contributed by atoms with van der Waals surface area (Å²) >= 11 is 0. The number of fused-ring (bicyclic) bond motifs is 8. The summed E-state index contributed by atoms with van der Waals surface area (Å²) in [5.74, 6) is 3.51. The second kappa shape index (κ2) is 10.3.